The van der Waals surface area contributed by atoms with Crippen molar-refractivity contribution in [2.24, 2.45) is 5.92 Å². The van der Waals surface area contributed by atoms with Crippen LogP contribution in [-0.2, 0) is 16.1 Å². The van der Waals surface area contributed by atoms with Crippen LogP contribution in [0.2, 0.25) is 0 Å². The summed E-state index contributed by atoms with van der Waals surface area (Å²) in [4.78, 5) is 47.2. The first-order chi connectivity index (χ1) is 21.4. The molecule has 45 heavy (non-hydrogen) atoms. The minimum absolute atomic E-state index is 0.0469. The topological polar surface area (TPSA) is 103 Å². The molecule has 0 aliphatic carbocycles. The van der Waals surface area contributed by atoms with Gasteiger partial charge in [-0.3, -0.25) is 14.5 Å². The Morgan fingerprint density at radius 3 is 2.53 bits per heavy atom. The van der Waals surface area contributed by atoms with Gasteiger partial charge in [-0.2, -0.15) is 0 Å². The van der Waals surface area contributed by atoms with Crippen LogP contribution < -0.4 is 14.4 Å². The minimum atomic E-state index is -0.904. The summed E-state index contributed by atoms with van der Waals surface area (Å²) >= 11 is 0. The van der Waals surface area contributed by atoms with E-state index in [1.54, 1.807) is 16.8 Å². The maximum atomic E-state index is 14.2. The third kappa shape index (κ3) is 7.53. The lowest BCUT2D eigenvalue weighted by Gasteiger charge is -2.31. The largest absolute Gasteiger partial charge is 0.481 e. The molecule has 2 aromatic carbocycles. The molecular weight excluding hydrogens is 574 g/mol. The number of carbonyl (C=O) groups excluding carboxylic acids is 2. The van der Waals surface area contributed by atoms with E-state index in [0.717, 1.165) is 40.7 Å². The third-order valence-corrected chi connectivity index (χ3v) is 9.11. The van der Waals surface area contributed by atoms with Gasteiger partial charge in [0.15, 0.2) is 11.5 Å². The predicted molar refractivity (Wildman–Crippen MR) is 171 cm³/mol. The second kappa shape index (κ2) is 13.7. The number of aliphatic carboxylic acids is 1. The highest BCUT2D eigenvalue weighted by molar-refractivity contribution is 5.95. The molecule has 3 amide bonds. The zero-order chi connectivity index (χ0) is 32.3. The molecule has 11 nitrogen and oxygen atoms in total. The van der Waals surface area contributed by atoms with E-state index in [2.05, 4.69) is 40.2 Å². The molecule has 5 rings (SSSR count). The number of ether oxygens (including phenoxy) is 2. The summed E-state index contributed by atoms with van der Waals surface area (Å²) in [5, 5.41) is 10.6. The van der Waals surface area contributed by atoms with E-state index in [1.807, 2.05) is 40.1 Å². The Morgan fingerprint density at radius 1 is 1.07 bits per heavy atom. The molecule has 0 aromatic heterocycles. The molecule has 2 saturated heterocycles. The third-order valence-electron chi connectivity index (χ3n) is 9.11. The molecule has 0 unspecified atom stereocenters. The quantitative estimate of drug-likeness (QED) is 0.340. The van der Waals surface area contributed by atoms with Crippen LogP contribution in [0.3, 0.4) is 0 Å². The minimum Gasteiger partial charge on any atom is -0.481 e. The van der Waals surface area contributed by atoms with Crippen LogP contribution in [0, 0.1) is 5.92 Å². The number of carbonyl (C=O) groups is 3. The molecule has 3 aliphatic rings. The molecule has 244 valence electrons. The van der Waals surface area contributed by atoms with Gasteiger partial charge in [0.1, 0.15) is 6.54 Å². The summed E-state index contributed by atoms with van der Waals surface area (Å²) < 4.78 is 11.9. The van der Waals surface area contributed by atoms with Crippen LogP contribution in [0.25, 0.3) is 0 Å². The molecule has 11 heteroatoms. The Labute approximate surface area is 266 Å². The summed E-state index contributed by atoms with van der Waals surface area (Å²) in [5.41, 5.74) is 2.87. The number of carboxylic acids is 1. The zero-order valence-corrected chi connectivity index (χ0v) is 27.3. The van der Waals surface area contributed by atoms with E-state index in [0.29, 0.717) is 50.6 Å². The van der Waals surface area contributed by atoms with E-state index in [1.165, 1.54) is 0 Å². The molecule has 2 aromatic rings. The number of likely N-dealkylation sites (tertiary alicyclic amines) is 1. The summed E-state index contributed by atoms with van der Waals surface area (Å²) in [6.07, 6.45) is 2.26. The molecule has 3 aliphatic heterocycles. The Hall–Kier alpha value is -3.83. The first-order valence-electron chi connectivity index (χ1n) is 16.0. The van der Waals surface area contributed by atoms with Gasteiger partial charge in [0, 0.05) is 63.0 Å². The number of fused-ring (bicyclic) bond motifs is 1. The smallest absolute Gasteiger partial charge is 0.319 e. The first-order valence-corrected chi connectivity index (χ1v) is 16.0. The van der Waals surface area contributed by atoms with Crippen LogP contribution in [0.4, 0.5) is 10.5 Å². The average molecular weight is 623 g/mol. The van der Waals surface area contributed by atoms with Gasteiger partial charge >= 0.3 is 12.0 Å². The van der Waals surface area contributed by atoms with Gasteiger partial charge in [-0.1, -0.05) is 31.5 Å². The normalized spacial score (nSPS) is 21.5. The number of unbranched alkanes of at least 4 members (excludes halogenated alkanes) is 1. The molecule has 2 fully saturated rings. The SMILES string of the molecule is CCCCN(C(=O)CN1C[C@H](c2ccc3c(c2)OCO3)[C@@H](C(=O)O)[C@@H]1CCN1CCN(C)C1=O)c1cccc(C[N+](C)(C)C)c1. The number of quaternary nitrogens is 1. The summed E-state index contributed by atoms with van der Waals surface area (Å²) in [5.74, 6) is -0.827. The Bertz CT molecular complexity index is 1390. The van der Waals surface area contributed by atoms with Crippen molar-refractivity contribution < 1.29 is 33.4 Å². The van der Waals surface area contributed by atoms with Gasteiger partial charge in [0.2, 0.25) is 12.7 Å². The Morgan fingerprint density at radius 2 is 1.84 bits per heavy atom. The molecule has 1 N–H and O–H groups in total. The van der Waals surface area contributed by atoms with E-state index in [4.69, 9.17) is 9.47 Å². The van der Waals surface area contributed by atoms with Gasteiger partial charge in [-0.15, -0.1) is 0 Å². The van der Waals surface area contributed by atoms with Crippen molar-refractivity contribution in [2.75, 3.05) is 79.2 Å². The number of nitrogens with zero attached hydrogens (tertiary/aromatic N) is 5. The summed E-state index contributed by atoms with van der Waals surface area (Å²) in [6, 6.07) is 13.3. The van der Waals surface area contributed by atoms with Crippen molar-refractivity contribution in [3.05, 3.63) is 53.6 Å². The van der Waals surface area contributed by atoms with Gasteiger partial charge in [-0.05, 0) is 42.7 Å². The number of urea groups is 1. The maximum absolute atomic E-state index is 14.2. The van der Waals surface area contributed by atoms with Crippen LogP contribution in [-0.4, -0.2) is 122 Å². The fourth-order valence-electron chi connectivity index (χ4n) is 6.88. The molecular formula is C34H48N5O6+. The van der Waals surface area contributed by atoms with E-state index in [-0.39, 0.29) is 31.2 Å². The molecule has 0 radical (unpaired) electrons. The van der Waals surface area contributed by atoms with Crippen LogP contribution in [0.15, 0.2) is 42.5 Å². The Balaban J connectivity index is 1.43. The zero-order valence-electron chi connectivity index (χ0n) is 27.3. The highest BCUT2D eigenvalue weighted by Crippen LogP contribution is 2.43. The molecule has 0 bridgehead atoms. The number of rotatable bonds is 13. The molecule has 3 heterocycles. The van der Waals surface area contributed by atoms with Gasteiger partial charge in [-0.25, -0.2) is 4.79 Å². The lowest BCUT2D eigenvalue weighted by molar-refractivity contribution is -0.884. The van der Waals surface area contributed by atoms with Crippen molar-refractivity contribution in [1.29, 1.82) is 0 Å². The maximum Gasteiger partial charge on any atom is 0.319 e. The van der Waals surface area contributed by atoms with Gasteiger partial charge in [0.25, 0.3) is 0 Å². The fraction of sp³-hybridized carbons (Fsp3) is 0.559. The van der Waals surface area contributed by atoms with Crippen molar-refractivity contribution in [1.82, 2.24) is 14.7 Å². The predicted octanol–water partition coefficient (Wildman–Crippen LogP) is 3.68. The molecule has 0 saturated carbocycles. The standard InChI is InChI=1S/C34H47N5O6/c1-6-7-14-38(26-10-8-9-24(18-26)22-39(3,4)5)31(40)21-37-20-27(25-11-12-29-30(19-25)45-23-44-29)32(33(41)42)28(37)13-15-36-17-16-35(2)34(36)43/h8-12,18-19,27-28,32H,6-7,13-17,20-23H2,1-5H3/p+1/t27-,28+,32-/m1/s1. The van der Waals surface area contributed by atoms with Gasteiger partial charge < -0.3 is 33.8 Å². The number of likely N-dealkylation sites (N-methyl/N-ethyl adjacent to an activating group) is 1. The molecule has 0 spiro atoms. The van der Waals surface area contributed by atoms with Crippen molar-refractivity contribution in [3.8, 4) is 11.5 Å². The second-order valence-electron chi connectivity index (χ2n) is 13.6. The lowest BCUT2D eigenvalue weighted by atomic mass is 9.84. The first kappa shape index (κ1) is 32.6. The summed E-state index contributed by atoms with van der Waals surface area (Å²) in [6.45, 7) is 5.85. The number of hydrogen-bond donors (Lipinski definition) is 1. The molecule has 3 atom stereocenters. The van der Waals surface area contributed by atoms with E-state index >= 15 is 0 Å². The van der Waals surface area contributed by atoms with Crippen molar-refractivity contribution in [3.63, 3.8) is 0 Å². The lowest BCUT2D eigenvalue weighted by Crippen LogP contribution is -2.46. The van der Waals surface area contributed by atoms with Crippen molar-refractivity contribution >= 4 is 23.6 Å². The van der Waals surface area contributed by atoms with E-state index < -0.39 is 17.9 Å². The van der Waals surface area contributed by atoms with E-state index in [9.17, 15) is 19.5 Å². The van der Waals surface area contributed by atoms with Crippen LogP contribution in [0.5, 0.6) is 11.5 Å². The monoisotopic (exact) mass is 622 g/mol. The number of carboxylic acid groups (broad SMARTS) is 1. The number of anilines is 1. The Kier molecular flexibility index (Phi) is 9.88. The summed E-state index contributed by atoms with van der Waals surface area (Å²) in [7, 11) is 8.20. The fourth-order valence-corrected chi connectivity index (χ4v) is 6.88. The highest BCUT2D eigenvalue weighted by atomic mass is 16.7. The number of benzene rings is 2. The second-order valence-corrected chi connectivity index (χ2v) is 13.6. The van der Waals surface area contributed by atoms with Gasteiger partial charge in [0.05, 0.1) is 33.6 Å². The number of hydrogen-bond acceptors (Lipinski definition) is 6. The van der Waals surface area contributed by atoms with Crippen LogP contribution in [0.1, 0.15) is 43.2 Å². The highest BCUT2D eigenvalue weighted by Gasteiger charge is 2.47. The van der Waals surface area contributed by atoms with Crippen LogP contribution >= 0.6 is 0 Å². The van der Waals surface area contributed by atoms with Crippen molar-refractivity contribution in [2.45, 2.75) is 44.7 Å². The number of amides is 3. The average Bonchev–Trinajstić information content (AvgIpc) is 3.68.